The molecule has 0 N–H and O–H groups in total. The monoisotopic (exact) mass is 828 g/mol. The summed E-state index contributed by atoms with van der Waals surface area (Å²) in [6, 6.07) is 29.7. The fourth-order valence-electron chi connectivity index (χ4n) is 7.51. The van der Waals surface area contributed by atoms with E-state index >= 15 is 0 Å². The smallest absolute Gasteiger partial charge is 0.216 e. The molecule has 4 heterocycles. The van der Waals surface area contributed by atoms with Gasteiger partial charge in [0, 0.05) is 43.6 Å². The van der Waals surface area contributed by atoms with Crippen molar-refractivity contribution in [3.05, 3.63) is 108 Å². The Kier molecular flexibility index (Phi) is 10.7. The van der Waals surface area contributed by atoms with E-state index in [1.807, 2.05) is 37.4 Å². The summed E-state index contributed by atoms with van der Waals surface area (Å²) in [5, 5.41) is 3.67. The number of nitrogens with zero attached hydrogens (tertiary/aromatic N) is 3. The van der Waals surface area contributed by atoms with Gasteiger partial charge in [0.15, 0.2) is 0 Å². The molecule has 0 atom stereocenters. The molecule has 4 aromatic heterocycles. The van der Waals surface area contributed by atoms with Gasteiger partial charge in [0.2, 0.25) is 5.71 Å². The van der Waals surface area contributed by atoms with Crippen molar-refractivity contribution in [1.29, 1.82) is 0 Å². The molecule has 0 aliphatic heterocycles. The first-order valence-electron chi connectivity index (χ1n) is 17.5. The van der Waals surface area contributed by atoms with Crippen LogP contribution in [-0.2, 0) is 26.5 Å². The molecular formula is C42H45IrN3OSi-2. The summed E-state index contributed by atoms with van der Waals surface area (Å²) in [6.07, 6.45) is 16.2. The number of aryl methyl sites for hydroxylation is 1. The maximum absolute atomic E-state index is 5.87. The average Bonchev–Trinajstić information content (AvgIpc) is 3.87. The molecule has 48 heavy (non-hydrogen) atoms. The second-order valence-corrected chi connectivity index (χ2v) is 19.6. The Bertz CT molecular complexity index is 1990. The van der Waals surface area contributed by atoms with Gasteiger partial charge in [0.1, 0.15) is 0 Å². The second-order valence-electron chi connectivity index (χ2n) is 14.6. The number of hydrogen-bond acceptors (Lipinski definition) is 4. The maximum Gasteiger partial charge on any atom is 0.216 e. The van der Waals surface area contributed by atoms with Gasteiger partial charge in [-0.15, -0.1) is 59.7 Å². The fourth-order valence-corrected chi connectivity index (χ4v) is 9.10. The van der Waals surface area contributed by atoms with E-state index in [9.17, 15) is 0 Å². The number of benzene rings is 2. The predicted octanol–water partition coefficient (Wildman–Crippen LogP) is 10.6. The minimum Gasteiger partial charge on any atom is -0.486 e. The molecule has 6 aromatic rings. The Morgan fingerprint density at radius 2 is 1.58 bits per heavy atom. The zero-order valence-corrected chi connectivity index (χ0v) is 32.0. The summed E-state index contributed by atoms with van der Waals surface area (Å²) >= 11 is 0. The Labute approximate surface area is 300 Å². The Balaban J connectivity index is 0.000000168. The van der Waals surface area contributed by atoms with Crippen LogP contribution in [0.3, 0.4) is 0 Å². The predicted molar refractivity (Wildman–Crippen MR) is 197 cm³/mol. The summed E-state index contributed by atoms with van der Waals surface area (Å²) in [7, 11) is -1.34. The Morgan fingerprint density at radius 1 is 0.812 bits per heavy atom. The van der Waals surface area contributed by atoms with Crippen molar-refractivity contribution < 1.29 is 24.5 Å². The van der Waals surface area contributed by atoms with Crippen LogP contribution in [0.2, 0.25) is 19.6 Å². The van der Waals surface area contributed by atoms with E-state index in [-0.39, 0.29) is 20.1 Å². The zero-order valence-electron chi connectivity index (χ0n) is 28.6. The molecule has 1 radical (unpaired) electrons. The van der Waals surface area contributed by atoms with E-state index in [4.69, 9.17) is 9.40 Å². The van der Waals surface area contributed by atoms with Gasteiger partial charge in [-0.1, -0.05) is 86.8 Å². The van der Waals surface area contributed by atoms with Gasteiger partial charge in [-0.25, -0.2) is 4.98 Å². The van der Waals surface area contributed by atoms with Crippen molar-refractivity contribution in [1.82, 2.24) is 15.0 Å². The number of furan rings is 1. The molecule has 2 aliphatic carbocycles. The normalized spacial score (nSPS) is 15.4. The van der Waals surface area contributed by atoms with Crippen LogP contribution in [0.15, 0.2) is 83.5 Å². The van der Waals surface area contributed by atoms with Crippen LogP contribution in [0, 0.1) is 25.0 Å². The van der Waals surface area contributed by atoms with Crippen LogP contribution in [0.1, 0.15) is 74.1 Å². The quantitative estimate of drug-likeness (QED) is 0.124. The summed E-state index contributed by atoms with van der Waals surface area (Å²) in [4.78, 5) is 13.8. The van der Waals surface area contributed by atoms with Crippen molar-refractivity contribution in [3.8, 4) is 22.5 Å². The fraction of sp³-hybridized carbons (Fsp3) is 0.357. The standard InChI is InChI=1S/C23H21N2O.C19H24NSi.Ir/c1-15-6-8-19-20-14-18(7-9-22(20)26-23(19)25-15)21-13-17(10-11-24-21)12-16-4-2-3-5-16;1-21(2,3)19-14-20-18(16-11-5-4-6-12-16)13-17(19)15-9-7-8-10-15;/h6,8-11,13-14,16H,2-5,12H2,1H3;4-6,11,13-15H,7-10H2,1-3H3;/q2*-1;. The molecule has 2 aliphatic rings. The third-order valence-corrected chi connectivity index (χ3v) is 12.1. The van der Waals surface area contributed by atoms with Crippen molar-refractivity contribution >= 4 is 35.3 Å². The van der Waals surface area contributed by atoms with Gasteiger partial charge < -0.3 is 14.4 Å². The van der Waals surface area contributed by atoms with Crippen molar-refractivity contribution in [2.45, 2.75) is 90.3 Å². The third-order valence-electron chi connectivity index (χ3n) is 10.0. The molecule has 2 aromatic carbocycles. The number of hydrogen-bond donors (Lipinski definition) is 0. The molecule has 0 spiro atoms. The number of aromatic nitrogens is 3. The van der Waals surface area contributed by atoms with E-state index < -0.39 is 8.07 Å². The minimum absolute atomic E-state index is 0. The van der Waals surface area contributed by atoms with Gasteiger partial charge in [-0.2, -0.15) is 0 Å². The topological polar surface area (TPSA) is 51.8 Å². The molecular weight excluding hydrogens is 783 g/mol. The molecule has 0 bridgehead atoms. The van der Waals surface area contributed by atoms with Gasteiger partial charge in [0.25, 0.3) is 0 Å². The first-order valence-corrected chi connectivity index (χ1v) is 21.0. The van der Waals surface area contributed by atoms with Gasteiger partial charge in [-0.3, -0.25) is 0 Å². The minimum atomic E-state index is -1.34. The van der Waals surface area contributed by atoms with E-state index in [1.54, 1.807) is 10.8 Å². The largest absolute Gasteiger partial charge is 0.486 e. The van der Waals surface area contributed by atoms with Gasteiger partial charge in [0.05, 0.1) is 13.7 Å². The van der Waals surface area contributed by atoms with Gasteiger partial charge >= 0.3 is 0 Å². The van der Waals surface area contributed by atoms with Crippen LogP contribution in [-0.4, -0.2) is 23.0 Å². The van der Waals surface area contributed by atoms with E-state index in [1.165, 1.54) is 56.9 Å². The van der Waals surface area contributed by atoms with Crippen LogP contribution >= 0.6 is 0 Å². The van der Waals surface area contributed by atoms with E-state index in [0.717, 1.165) is 62.8 Å². The molecule has 249 valence electrons. The van der Waals surface area contributed by atoms with E-state index in [2.05, 4.69) is 90.4 Å². The van der Waals surface area contributed by atoms with Gasteiger partial charge in [-0.05, 0) is 72.8 Å². The molecule has 6 heteroatoms. The van der Waals surface area contributed by atoms with Crippen LogP contribution in [0.25, 0.3) is 44.6 Å². The van der Waals surface area contributed by atoms with Crippen molar-refractivity contribution in [2.75, 3.05) is 0 Å². The first kappa shape index (κ1) is 34.4. The molecule has 0 saturated heterocycles. The number of fused-ring (bicyclic) bond motifs is 3. The third kappa shape index (κ3) is 7.72. The molecule has 2 fully saturated rings. The summed E-state index contributed by atoms with van der Waals surface area (Å²) in [5.74, 6) is 1.58. The number of pyridine rings is 3. The van der Waals surface area contributed by atoms with Crippen LogP contribution < -0.4 is 5.19 Å². The van der Waals surface area contributed by atoms with Crippen LogP contribution in [0.4, 0.5) is 0 Å². The molecule has 4 nitrogen and oxygen atoms in total. The summed E-state index contributed by atoms with van der Waals surface area (Å²) in [5.41, 5.74) is 9.61. The summed E-state index contributed by atoms with van der Waals surface area (Å²) < 4.78 is 5.87. The Morgan fingerprint density at radius 3 is 2.33 bits per heavy atom. The van der Waals surface area contributed by atoms with Crippen molar-refractivity contribution in [3.63, 3.8) is 0 Å². The second kappa shape index (κ2) is 15.0. The molecule has 0 amide bonds. The van der Waals surface area contributed by atoms with Crippen LogP contribution in [0.5, 0.6) is 0 Å². The molecule has 2 saturated carbocycles. The zero-order chi connectivity index (χ0) is 32.4. The van der Waals surface area contributed by atoms with Crippen molar-refractivity contribution in [2.24, 2.45) is 5.92 Å². The Hall–Kier alpha value is -3.44. The number of rotatable bonds is 6. The molecule has 0 unspecified atom stereocenters. The average molecular weight is 828 g/mol. The SMILES string of the molecule is C[Si](C)(C)c1cnc(-c2[c-]cccc2)cc1C1CCCC1.Cc1ccc2c(n1)oc1c[c-]c(-c3cc(CC4CCCC4)ccn3)cc12.[Ir]. The maximum atomic E-state index is 5.87. The van der Waals surface area contributed by atoms with E-state index in [0.29, 0.717) is 5.71 Å². The molecule has 8 rings (SSSR count). The summed E-state index contributed by atoms with van der Waals surface area (Å²) in [6.45, 7) is 9.26. The first-order chi connectivity index (χ1) is 22.8.